The number of aryl methyl sites for hydroxylation is 2. The lowest BCUT2D eigenvalue weighted by atomic mass is 10.2. The largest absolute Gasteiger partial charge is 0.378 e. The Bertz CT molecular complexity index is 685. The second-order valence-corrected chi connectivity index (χ2v) is 4.52. The van der Waals surface area contributed by atoms with Gasteiger partial charge in [-0.3, -0.25) is 14.8 Å². The second-order valence-electron chi connectivity index (χ2n) is 4.52. The third kappa shape index (κ3) is 3.15. The molecule has 112 valence electrons. The Labute approximate surface area is 119 Å². The number of rotatable bonds is 5. The van der Waals surface area contributed by atoms with Crippen LogP contribution in [0.25, 0.3) is 0 Å². The fourth-order valence-electron chi connectivity index (χ4n) is 2.03. The molecule has 2 rings (SSSR count). The van der Waals surface area contributed by atoms with Gasteiger partial charge >= 0.3 is 5.69 Å². The Kier molecular flexibility index (Phi) is 4.15. The lowest BCUT2D eigenvalue weighted by Gasteiger charge is -2.07. The number of nitrogens with zero attached hydrogens (tertiary/aromatic N) is 3. The van der Waals surface area contributed by atoms with Crippen LogP contribution in [-0.2, 0) is 20.0 Å². The van der Waals surface area contributed by atoms with Crippen LogP contribution in [0.2, 0.25) is 0 Å². The number of nitro benzene ring substituents is 1. The first kappa shape index (κ1) is 14.9. The van der Waals surface area contributed by atoms with Gasteiger partial charge in [-0.2, -0.15) is 9.49 Å². The van der Waals surface area contributed by atoms with Gasteiger partial charge in [0.15, 0.2) is 0 Å². The van der Waals surface area contributed by atoms with Crippen LogP contribution in [0.4, 0.5) is 20.2 Å². The average Bonchev–Trinajstić information content (AvgIpc) is 2.77. The molecule has 1 N–H and O–H groups in total. The molecule has 0 aliphatic rings. The highest BCUT2D eigenvalue weighted by Crippen LogP contribution is 2.25. The molecule has 6 nitrogen and oxygen atoms in total. The van der Waals surface area contributed by atoms with Gasteiger partial charge in [0.05, 0.1) is 16.3 Å². The van der Waals surface area contributed by atoms with Crippen molar-refractivity contribution in [2.45, 2.75) is 19.9 Å². The van der Waals surface area contributed by atoms with E-state index in [0.29, 0.717) is 12.5 Å². The first-order valence-corrected chi connectivity index (χ1v) is 6.31. The molecule has 0 unspecified atom stereocenters. The molecule has 1 heterocycles. The summed E-state index contributed by atoms with van der Waals surface area (Å²) in [6.07, 6.45) is 2.49. The van der Waals surface area contributed by atoms with Crippen molar-refractivity contribution in [2.24, 2.45) is 7.05 Å². The smallest absolute Gasteiger partial charge is 0.307 e. The summed E-state index contributed by atoms with van der Waals surface area (Å²) in [4.78, 5) is 9.78. The first-order chi connectivity index (χ1) is 9.92. The average molecular weight is 296 g/mol. The van der Waals surface area contributed by atoms with E-state index >= 15 is 0 Å². The van der Waals surface area contributed by atoms with Crippen molar-refractivity contribution in [2.75, 3.05) is 5.32 Å². The van der Waals surface area contributed by atoms with Crippen molar-refractivity contribution in [3.8, 4) is 0 Å². The van der Waals surface area contributed by atoms with Gasteiger partial charge in [0, 0.05) is 37.5 Å². The van der Waals surface area contributed by atoms with Crippen LogP contribution < -0.4 is 5.32 Å². The molecule has 0 spiro atoms. The van der Waals surface area contributed by atoms with Crippen molar-refractivity contribution >= 4 is 11.4 Å². The number of hydrogen-bond donors (Lipinski definition) is 1. The SMILES string of the molecule is CCc1nn(C)cc1CNc1cc([N+](=O)[O-])c(F)cc1F. The summed E-state index contributed by atoms with van der Waals surface area (Å²) in [5, 5.41) is 17.6. The van der Waals surface area contributed by atoms with Crippen molar-refractivity contribution in [1.82, 2.24) is 9.78 Å². The standard InChI is InChI=1S/C13H14F2N4O2/c1-3-11-8(7-18(2)17-11)6-16-12-5-13(19(20)21)10(15)4-9(12)14/h4-5,7,16H,3,6H2,1-2H3. The third-order valence-corrected chi connectivity index (χ3v) is 3.03. The van der Waals surface area contributed by atoms with Gasteiger partial charge < -0.3 is 5.32 Å². The van der Waals surface area contributed by atoms with E-state index in [9.17, 15) is 18.9 Å². The van der Waals surface area contributed by atoms with Crippen LogP contribution in [0.15, 0.2) is 18.3 Å². The summed E-state index contributed by atoms with van der Waals surface area (Å²) < 4.78 is 28.5. The fraction of sp³-hybridized carbons (Fsp3) is 0.308. The van der Waals surface area contributed by atoms with E-state index < -0.39 is 22.2 Å². The summed E-state index contributed by atoms with van der Waals surface area (Å²) in [5.74, 6) is -2.07. The number of nitrogens with one attached hydrogen (secondary N) is 1. The summed E-state index contributed by atoms with van der Waals surface area (Å²) in [6, 6.07) is 1.36. The highest BCUT2D eigenvalue weighted by atomic mass is 19.1. The van der Waals surface area contributed by atoms with Crippen LogP contribution in [0, 0.1) is 21.7 Å². The molecule has 21 heavy (non-hydrogen) atoms. The maximum Gasteiger partial charge on any atom is 0.307 e. The van der Waals surface area contributed by atoms with Gasteiger partial charge in [0.2, 0.25) is 5.82 Å². The fourth-order valence-corrected chi connectivity index (χ4v) is 2.03. The van der Waals surface area contributed by atoms with E-state index in [4.69, 9.17) is 0 Å². The normalized spacial score (nSPS) is 10.7. The number of nitro groups is 1. The highest BCUT2D eigenvalue weighted by molar-refractivity contribution is 5.53. The lowest BCUT2D eigenvalue weighted by molar-refractivity contribution is -0.387. The predicted molar refractivity (Wildman–Crippen MR) is 72.9 cm³/mol. The summed E-state index contributed by atoms with van der Waals surface area (Å²) in [6.45, 7) is 2.19. The molecular formula is C13H14F2N4O2. The zero-order chi connectivity index (χ0) is 15.6. The monoisotopic (exact) mass is 296 g/mol. The zero-order valence-corrected chi connectivity index (χ0v) is 11.6. The van der Waals surface area contributed by atoms with Crippen LogP contribution in [0.3, 0.4) is 0 Å². The summed E-state index contributed by atoms with van der Waals surface area (Å²) in [7, 11) is 1.77. The molecule has 0 aliphatic heterocycles. The molecular weight excluding hydrogens is 282 g/mol. The number of aromatic nitrogens is 2. The van der Waals surface area contributed by atoms with E-state index in [2.05, 4.69) is 10.4 Å². The molecule has 0 amide bonds. The summed E-state index contributed by atoms with van der Waals surface area (Å²) in [5.41, 5.74) is 0.822. The third-order valence-electron chi connectivity index (χ3n) is 3.03. The number of anilines is 1. The Morgan fingerprint density at radius 1 is 1.38 bits per heavy atom. The lowest BCUT2D eigenvalue weighted by Crippen LogP contribution is -2.04. The zero-order valence-electron chi connectivity index (χ0n) is 11.6. The molecule has 0 atom stereocenters. The molecule has 0 aliphatic carbocycles. The molecule has 1 aromatic carbocycles. The Morgan fingerprint density at radius 2 is 2.10 bits per heavy atom. The minimum absolute atomic E-state index is 0.117. The molecule has 0 saturated heterocycles. The quantitative estimate of drug-likeness (QED) is 0.680. The van der Waals surface area contributed by atoms with Crippen LogP contribution in [-0.4, -0.2) is 14.7 Å². The number of halogens is 2. The number of benzene rings is 1. The van der Waals surface area contributed by atoms with E-state index in [1.807, 2.05) is 6.92 Å². The maximum absolute atomic E-state index is 13.6. The van der Waals surface area contributed by atoms with E-state index in [-0.39, 0.29) is 12.2 Å². The number of hydrogen-bond acceptors (Lipinski definition) is 4. The second kappa shape index (κ2) is 5.86. The first-order valence-electron chi connectivity index (χ1n) is 6.31. The Morgan fingerprint density at radius 3 is 2.71 bits per heavy atom. The topological polar surface area (TPSA) is 73.0 Å². The van der Waals surface area contributed by atoms with Crippen molar-refractivity contribution < 1.29 is 13.7 Å². The van der Waals surface area contributed by atoms with Gasteiger partial charge in [-0.15, -0.1) is 0 Å². The highest BCUT2D eigenvalue weighted by Gasteiger charge is 2.18. The Hall–Kier alpha value is -2.51. The molecule has 0 radical (unpaired) electrons. The van der Waals surface area contributed by atoms with Crippen molar-refractivity contribution in [1.29, 1.82) is 0 Å². The van der Waals surface area contributed by atoms with Gasteiger partial charge in [-0.25, -0.2) is 4.39 Å². The molecule has 8 heteroatoms. The minimum atomic E-state index is -1.20. The van der Waals surface area contributed by atoms with Gasteiger partial charge in [0.1, 0.15) is 5.82 Å². The molecule has 1 aromatic heterocycles. The van der Waals surface area contributed by atoms with Gasteiger partial charge in [0.25, 0.3) is 0 Å². The van der Waals surface area contributed by atoms with E-state index in [1.165, 1.54) is 0 Å². The van der Waals surface area contributed by atoms with Crippen molar-refractivity contribution in [3.05, 3.63) is 51.3 Å². The van der Waals surface area contributed by atoms with Crippen LogP contribution >= 0.6 is 0 Å². The van der Waals surface area contributed by atoms with Crippen molar-refractivity contribution in [3.63, 3.8) is 0 Å². The maximum atomic E-state index is 13.6. The summed E-state index contributed by atoms with van der Waals surface area (Å²) >= 11 is 0. The minimum Gasteiger partial charge on any atom is -0.378 e. The predicted octanol–water partition coefficient (Wildman–Crippen LogP) is 2.78. The van der Waals surface area contributed by atoms with Crippen LogP contribution in [0.5, 0.6) is 0 Å². The van der Waals surface area contributed by atoms with Gasteiger partial charge in [-0.1, -0.05) is 6.92 Å². The molecule has 0 fully saturated rings. The molecule has 0 bridgehead atoms. The van der Waals surface area contributed by atoms with E-state index in [0.717, 1.165) is 17.3 Å². The van der Waals surface area contributed by atoms with Gasteiger partial charge in [-0.05, 0) is 6.42 Å². The van der Waals surface area contributed by atoms with Crippen LogP contribution in [0.1, 0.15) is 18.2 Å². The molecule has 0 saturated carbocycles. The Balaban J connectivity index is 2.23. The van der Waals surface area contributed by atoms with E-state index in [1.54, 1.807) is 17.9 Å². The molecule has 2 aromatic rings.